The first-order valence-corrected chi connectivity index (χ1v) is 12.2. The first kappa shape index (κ1) is 24.1. The highest BCUT2D eigenvalue weighted by molar-refractivity contribution is 7.98. The molecule has 0 amide bonds. The van der Waals surface area contributed by atoms with Crippen molar-refractivity contribution in [2.45, 2.75) is 37.1 Å². The maximum absolute atomic E-state index is 9.46. The number of benzene rings is 1. The predicted molar refractivity (Wildman–Crippen MR) is 132 cm³/mol. The Morgan fingerprint density at radius 3 is 2.59 bits per heavy atom. The van der Waals surface area contributed by atoms with E-state index in [9.17, 15) is 5.11 Å². The van der Waals surface area contributed by atoms with Crippen molar-refractivity contribution in [1.82, 2.24) is 9.97 Å². The first-order chi connectivity index (χ1) is 16.5. The molecule has 0 saturated carbocycles. The summed E-state index contributed by atoms with van der Waals surface area (Å²) in [7, 11) is 1.65. The van der Waals surface area contributed by atoms with Crippen molar-refractivity contribution in [1.29, 1.82) is 0 Å². The van der Waals surface area contributed by atoms with Gasteiger partial charge < -0.3 is 29.0 Å². The fourth-order valence-corrected chi connectivity index (χ4v) is 3.95. The van der Waals surface area contributed by atoms with E-state index < -0.39 is 0 Å². The van der Waals surface area contributed by atoms with Gasteiger partial charge >= 0.3 is 0 Å². The van der Waals surface area contributed by atoms with E-state index in [2.05, 4.69) is 15.0 Å². The van der Waals surface area contributed by atoms with Crippen LogP contribution in [0.3, 0.4) is 0 Å². The van der Waals surface area contributed by atoms with Crippen molar-refractivity contribution in [2.75, 3.05) is 26.6 Å². The maximum atomic E-state index is 9.46. The molecule has 0 spiro atoms. The molecular formula is C25H29N3O5S. The van der Waals surface area contributed by atoms with Gasteiger partial charge in [0, 0.05) is 24.4 Å². The molecule has 34 heavy (non-hydrogen) atoms. The third-order valence-electron chi connectivity index (χ3n) is 5.30. The highest BCUT2D eigenvalue weighted by Gasteiger charge is 2.28. The summed E-state index contributed by atoms with van der Waals surface area (Å²) in [4.78, 5) is 12.2. The number of aliphatic hydroxyl groups excluding tert-OH is 1. The lowest BCUT2D eigenvalue weighted by molar-refractivity contribution is 0.0920. The zero-order valence-electron chi connectivity index (χ0n) is 19.6. The maximum Gasteiger partial charge on any atom is 0.233 e. The summed E-state index contributed by atoms with van der Waals surface area (Å²) in [6.45, 7) is 4.26. The third-order valence-corrected chi connectivity index (χ3v) is 5.96. The Morgan fingerprint density at radius 1 is 1.12 bits per heavy atom. The normalized spacial score (nSPS) is 18.3. The zero-order valence-corrected chi connectivity index (χ0v) is 20.5. The van der Waals surface area contributed by atoms with Gasteiger partial charge in [-0.25, -0.2) is 9.98 Å². The van der Waals surface area contributed by atoms with E-state index in [-0.39, 0.29) is 24.9 Å². The lowest BCUT2D eigenvalue weighted by Crippen LogP contribution is -2.24. The number of H-pyrrole nitrogens is 1. The quantitative estimate of drug-likeness (QED) is 0.409. The standard InChI is InChI=1S/C25H29N3O5S/c1-15(14-30-3)31-19-9-17(10-20(11-19)32-18-5-8-24(34-4)26-12-18)21-6-7-22(28-21)25-27-16(2)23(13-29)33-25/h5-12,15-16,23,28-29H,13-14H2,1-4H3/t15-,16+,23?/m0/s1. The largest absolute Gasteiger partial charge is 0.488 e. The summed E-state index contributed by atoms with van der Waals surface area (Å²) < 4.78 is 23.2. The van der Waals surface area contributed by atoms with E-state index in [1.807, 2.05) is 62.6 Å². The fourth-order valence-electron chi connectivity index (χ4n) is 3.59. The summed E-state index contributed by atoms with van der Waals surface area (Å²) in [5.74, 6) is 2.41. The van der Waals surface area contributed by atoms with Gasteiger partial charge in [-0.1, -0.05) is 0 Å². The van der Waals surface area contributed by atoms with Crippen LogP contribution in [0.25, 0.3) is 11.3 Å². The number of ether oxygens (including phenoxy) is 4. The zero-order chi connectivity index (χ0) is 24.1. The number of aromatic nitrogens is 2. The molecule has 0 radical (unpaired) electrons. The van der Waals surface area contributed by atoms with Crippen LogP contribution in [0.15, 0.2) is 58.7 Å². The number of methoxy groups -OCH3 is 1. The van der Waals surface area contributed by atoms with Crippen LogP contribution in [-0.2, 0) is 9.47 Å². The molecule has 0 aliphatic carbocycles. The van der Waals surface area contributed by atoms with E-state index in [1.165, 1.54) is 0 Å². The number of hydrogen-bond donors (Lipinski definition) is 2. The summed E-state index contributed by atoms with van der Waals surface area (Å²) in [5.41, 5.74) is 2.48. The number of thioether (sulfide) groups is 1. The average Bonchev–Trinajstić information content (AvgIpc) is 3.46. The van der Waals surface area contributed by atoms with Crippen LogP contribution < -0.4 is 9.47 Å². The molecule has 1 aliphatic heterocycles. The molecule has 2 N–H and O–H groups in total. The molecule has 0 bridgehead atoms. The van der Waals surface area contributed by atoms with E-state index in [0.717, 1.165) is 22.0 Å². The molecule has 3 aromatic rings. The number of hydrogen-bond acceptors (Lipinski definition) is 8. The Bertz CT molecular complexity index is 1130. The molecule has 8 nitrogen and oxygen atoms in total. The lowest BCUT2D eigenvalue weighted by atomic mass is 10.1. The molecule has 3 atom stereocenters. The fraction of sp³-hybridized carbons (Fsp3) is 0.360. The van der Waals surface area contributed by atoms with Gasteiger partial charge in [-0.2, -0.15) is 0 Å². The van der Waals surface area contributed by atoms with Gasteiger partial charge in [-0.05, 0) is 56.5 Å². The minimum absolute atomic E-state index is 0.0751. The van der Waals surface area contributed by atoms with Gasteiger partial charge in [-0.15, -0.1) is 11.8 Å². The Balaban J connectivity index is 1.62. The van der Waals surface area contributed by atoms with Crippen molar-refractivity contribution in [3.05, 3.63) is 54.4 Å². The van der Waals surface area contributed by atoms with Crippen LogP contribution >= 0.6 is 11.8 Å². The van der Waals surface area contributed by atoms with Crippen LogP contribution in [-0.4, -0.2) is 65.8 Å². The van der Waals surface area contributed by atoms with Crippen LogP contribution in [0.1, 0.15) is 19.5 Å². The molecule has 180 valence electrons. The second kappa shape index (κ2) is 10.9. The summed E-state index contributed by atoms with van der Waals surface area (Å²) in [6, 6.07) is 13.3. The van der Waals surface area contributed by atoms with Gasteiger partial charge in [0.1, 0.15) is 35.2 Å². The number of nitrogens with zero attached hydrogens (tertiary/aromatic N) is 2. The number of nitrogens with one attached hydrogen (secondary N) is 1. The smallest absolute Gasteiger partial charge is 0.233 e. The van der Waals surface area contributed by atoms with Crippen molar-refractivity contribution in [2.24, 2.45) is 4.99 Å². The average molecular weight is 484 g/mol. The van der Waals surface area contributed by atoms with E-state index >= 15 is 0 Å². The third kappa shape index (κ3) is 5.72. The lowest BCUT2D eigenvalue weighted by Gasteiger charge is -2.16. The molecule has 0 fully saturated rings. The Morgan fingerprint density at radius 2 is 1.91 bits per heavy atom. The second-order valence-electron chi connectivity index (χ2n) is 8.01. The Hall–Kier alpha value is -3.01. The number of aliphatic hydroxyl groups is 1. The topological polar surface area (TPSA) is 98.2 Å². The number of rotatable bonds is 10. The Labute approximate surface area is 203 Å². The van der Waals surface area contributed by atoms with Gasteiger partial charge in [0.15, 0.2) is 0 Å². The van der Waals surface area contributed by atoms with Gasteiger partial charge in [0.2, 0.25) is 5.90 Å². The Kier molecular flexibility index (Phi) is 7.77. The van der Waals surface area contributed by atoms with Crippen molar-refractivity contribution >= 4 is 17.7 Å². The van der Waals surface area contributed by atoms with Gasteiger partial charge in [0.05, 0.1) is 30.5 Å². The molecule has 1 unspecified atom stereocenters. The van der Waals surface area contributed by atoms with Crippen LogP contribution in [0, 0.1) is 0 Å². The minimum Gasteiger partial charge on any atom is -0.488 e. The van der Waals surface area contributed by atoms with Crippen molar-refractivity contribution in [3.8, 4) is 28.5 Å². The summed E-state index contributed by atoms with van der Waals surface area (Å²) in [6.07, 6.45) is 3.22. The van der Waals surface area contributed by atoms with E-state index in [0.29, 0.717) is 29.8 Å². The molecule has 1 aromatic carbocycles. The minimum atomic E-state index is -0.327. The highest BCUT2D eigenvalue weighted by Crippen LogP contribution is 2.33. The molecular weight excluding hydrogens is 454 g/mol. The van der Waals surface area contributed by atoms with Crippen LogP contribution in [0.4, 0.5) is 0 Å². The van der Waals surface area contributed by atoms with Gasteiger partial charge in [0.25, 0.3) is 0 Å². The number of aromatic amines is 1. The highest BCUT2D eigenvalue weighted by atomic mass is 32.2. The molecule has 3 heterocycles. The predicted octanol–water partition coefficient (Wildman–Crippen LogP) is 4.53. The van der Waals surface area contributed by atoms with Crippen LogP contribution in [0.2, 0.25) is 0 Å². The number of aliphatic imine (C=N–C) groups is 1. The first-order valence-electron chi connectivity index (χ1n) is 11.0. The monoisotopic (exact) mass is 483 g/mol. The summed E-state index contributed by atoms with van der Waals surface area (Å²) >= 11 is 1.58. The van der Waals surface area contributed by atoms with E-state index in [4.69, 9.17) is 18.9 Å². The SMILES string of the molecule is COC[C@H](C)Oc1cc(Oc2ccc(SC)nc2)cc(-c2ccc(C3=N[C@H](C)C(CO)O3)[nH]2)c1. The number of pyridine rings is 1. The van der Waals surface area contributed by atoms with Gasteiger partial charge in [-0.3, -0.25) is 0 Å². The summed E-state index contributed by atoms with van der Waals surface area (Å²) in [5, 5.41) is 10.4. The van der Waals surface area contributed by atoms with Crippen LogP contribution in [0.5, 0.6) is 17.2 Å². The molecule has 2 aromatic heterocycles. The molecule has 0 saturated heterocycles. The molecule has 1 aliphatic rings. The van der Waals surface area contributed by atoms with Crippen molar-refractivity contribution in [3.63, 3.8) is 0 Å². The van der Waals surface area contributed by atoms with E-state index in [1.54, 1.807) is 25.1 Å². The second-order valence-corrected chi connectivity index (χ2v) is 8.84. The molecule has 9 heteroatoms. The van der Waals surface area contributed by atoms with Crippen molar-refractivity contribution < 1.29 is 24.1 Å². The molecule has 4 rings (SSSR count).